The molecule has 12 heteroatoms. The van der Waals surface area contributed by atoms with Crippen LogP contribution in [0.25, 0.3) is 0 Å². The zero-order valence-corrected chi connectivity index (χ0v) is 28.4. The topological polar surface area (TPSA) is 145 Å². The van der Waals surface area contributed by atoms with Crippen molar-refractivity contribution in [1.82, 2.24) is 15.0 Å². The fourth-order valence-electron chi connectivity index (χ4n) is 7.54. The maximum atomic E-state index is 14.4. The first-order valence-corrected chi connectivity index (χ1v) is 19.0. The number of ether oxygens (including phenoxy) is 2. The molecule has 3 aromatic carbocycles. The van der Waals surface area contributed by atoms with Crippen LogP contribution in [0.1, 0.15) is 35.0 Å². The van der Waals surface area contributed by atoms with E-state index < -0.39 is 13.7 Å². The maximum Gasteiger partial charge on any atom is 0.264 e. The van der Waals surface area contributed by atoms with Crippen molar-refractivity contribution in [3.8, 4) is 5.75 Å². The number of anilines is 3. The van der Waals surface area contributed by atoms with Crippen LogP contribution in [0.4, 0.5) is 17.1 Å². The molecule has 1 aromatic heterocycles. The molecule has 4 N–H and O–H groups in total. The highest BCUT2D eigenvalue weighted by atomic mass is 28.3. The molecule has 2 amide bonds. The van der Waals surface area contributed by atoms with Gasteiger partial charge in [-0.1, -0.05) is 42.6 Å². The Morgan fingerprint density at radius 1 is 1.13 bits per heavy atom. The maximum absolute atomic E-state index is 14.4. The molecule has 0 bridgehead atoms. The number of nitrogen functional groups attached to an aromatic ring is 1. The Kier molecular flexibility index (Phi) is 8.68. The summed E-state index contributed by atoms with van der Waals surface area (Å²) in [5, 5.41) is 22.1. The van der Waals surface area contributed by atoms with Gasteiger partial charge in [-0.3, -0.25) is 14.3 Å². The molecule has 0 aliphatic carbocycles. The highest BCUT2D eigenvalue weighted by Crippen LogP contribution is 2.60. The van der Waals surface area contributed by atoms with Crippen molar-refractivity contribution in [2.75, 3.05) is 36.7 Å². The van der Waals surface area contributed by atoms with Gasteiger partial charge in [0.25, 0.3) is 11.8 Å². The van der Waals surface area contributed by atoms with Crippen molar-refractivity contribution >= 4 is 42.1 Å². The number of nitrogens with zero attached hydrogens (tertiary/aromatic N) is 4. The van der Waals surface area contributed by atoms with Crippen LogP contribution in [-0.2, 0) is 28.1 Å². The van der Waals surface area contributed by atoms with E-state index in [4.69, 9.17) is 15.2 Å². The number of aliphatic hydroxyl groups excluding tert-OH is 1. The van der Waals surface area contributed by atoms with Gasteiger partial charge in [-0.15, -0.1) is 5.10 Å². The van der Waals surface area contributed by atoms with Crippen molar-refractivity contribution in [3.05, 3.63) is 89.7 Å². The number of rotatable bonds is 10. The third kappa shape index (κ3) is 5.70. The third-order valence-electron chi connectivity index (χ3n) is 9.99. The van der Waals surface area contributed by atoms with Crippen LogP contribution in [0.2, 0.25) is 18.6 Å². The highest BCUT2D eigenvalue weighted by molar-refractivity contribution is 6.91. The summed E-state index contributed by atoms with van der Waals surface area (Å²) in [6.07, 6.45) is 2.64. The normalized spacial score (nSPS) is 22.1. The standard InChI is InChI=1S/C35H42N6O5Si/c1-22-32(47(4,5)28-13-11-27(45-3)12-14-28)31(16-18-41-21-26(17-19-42)38-39-41)46-35(22)29-20-25(10-15-30(29)40(2)34(35)44)37-33(43)23-6-8-24(36)9-7-23/h6-15,20-22,31-32,42H,16-19,36H2,1-5H3,(H,37,43)/t22-,31+,32-,35+/m1/s1. The average Bonchev–Trinajstić information content (AvgIpc) is 3.70. The molecule has 1 spiro atoms. The lowest BCUT2D eigenvalue weighted by Crippen LogP contribution is -2.51. The molecule has 4 aromatic rings. The summed E-state index contributed by atoms with van der Waals surface area (Å²) >= 11 is 0. The van der Waals surface area contributed by atoms with E-state index in [1.54, 1.807) is 48.0 Å². The Hall–Kier alpha value is -4.52. The number of likely N-dealkylation sites (N-methyl/N-ethyl adjacent to an activating group) is 1. The Balaban J connectivity index is 1.38. The molecule has 4 atom stereocenters. The second-order valence-electron chi connectivity index (χ2n) is 13.1. The van der Waals surface area contributed by atoms with Gasteiger partial charge in [-0.2, -0.15) is 0 Å². The number of aryl methyl sites for hydroxylation is 1. The SMILES string of the molecule is COc1ccc([Si](C)(C)[C@H]2[C@H](CCn3cc(CCO)nn3)O[C@@]3(C(=O)N(C)c4ccc(NC(=O)c5ccc(N)cc5)cc43)[C@@H]2C)cc1. The Morgan fingerprint density at radius 3 is 2.53 bits per heavy atom. The van der Waals surface area contributed by atoms with Crippen molar-refractivity contribution in [2.24, 2.45) is 5.92 Å². The number of aromatic nitrogens is 3. The monoisotopic (exact) mass is 654 g/mol. The first-order valence-electron chi connectivity index (χ1n) is 15.9. The van der Waals surface area contributed by atoms with Gasteiger partial charge in [0.1, 0.15) is 5.75 Å². The number of hydrogen-bond donors (Lipinski definition) is 3. The minimum absolute atomic E-state index is 0.00560. The molecule has 3 heterocycles. The quantitative estimate of drug-likeness (QED) is 0.172. The zero-order chi connectivity index (χ0) is 33.5. The molecule has 2 aliphatic heterocycles. The third-order valence-corrected chi connectivity index (χ3v) is 14.4. The number of hydrogen-bond acceptors (Lipinski definition) is 8. The summed E-state index contributed by atoms with van der Waals surface area (Å²) in [5.41, 5.74) is 8.51. The van der Waals surface area contributed by atoms with E-state index >= 15 is 0 Å². The van der Waals surface area contributed by atoms with Gasteiger partial charge in [0.2, 0.25) is 0 Å². The van der Waals surface area contributed by atoms with E-state index in [0.717, 1.165) is 22.7 Å². The molecule has 0 radical (unpaired) electrons. The van der Waals surface area contributed by atoms with Gasteiger partial charge >= 0.3 is 0 Å². The minimum atomic E-state index is -2.32. The second kappa shape index (κ2) is 12.6. The summed E-state index contributed by atoms with van der Waals surface area (Å²) in [6.45, 7) is 7.37. The molecule has 6 rings (SSSR count). The van der Waals surface area contributed by atoms with E-state index in [1.807, 2.05) is 36.5 Å². The van der Waals surface area contributed by atoms with Crippen LogP contribution in [0.5, 0.6) is 5.75 Å². The molecule has 246 valence electrons. The average molecular weight is 655 g/mol. The van der Waals surface area contributed by atoms with Crippen LogP contribution in [0.15, 0.2) is 72.9 Å². The molecular weight excluding hydrogens is 613 g/mol. The molecule has 47 heavy (non-hydrogen) atoms. The van der Waals surface area contributed by atoms with E-state index in [9.17, 15) is 14.7 Å². The van der Waals surface area contributed by atoms with Crippen molar-refractivity contribution in [2.45, 2.75) is 56.7 Å². The Bertz CT molecular complexity index is 1780. The smallest absolute Gasteiger partial charge is 0.264 e. The largest absolute Gasteiger partial charge is 0.497 e. The first-order chi connectivity index (χ1) is 22.5. The van der Waals surface area contributed by atoms with Gasteiger partial charge in [-0.05, 0) is 66.6 Å². The summed E-state index contributed by atoms with van der Waals surface area (Å²) in [7, 11) is 1.12. The van der Waals surface area contributed by atoms with Crippen molar-refractivity contribution in [3.63, 3.8) is 0 Å². The van der Waals surface area contributed by atoms with Crippen LogP contribution in [0, 0.1) is 5.92 Å². The lowest BCUT2D eigenvalue weighted by Gasteiger charge is -2.37. The van der Waals surface area contributed by atoms with Gasteiger partial charge in [0.05, 0.1) is 32.7 Å². The van der Waals surface area contributed by atoms with Gasteiger partial charge in [0, 0.05) is 61.2 Å². The lowest BCUT2D eigenvalue weighted by molar-refractivity contribution is -0.145. The fraction of sp³-hybridized carbons (Fsp3) is 0.371. The Morgan fingerprint density at radius 2 is 1.85 bits per heavy atom. The summed E-state index contributed by atoms with van der Waals surface area (Å²) < 4.78 is 14.3. The zero-order valence-electron chi connectivity index (χ0n) is 27.4. The fourth-order valence-corrected chi connectivity index (χ4v) is 11.6. The van der Waals surface area contributed by atoms with E-state index in [2.05, 4.69) is 47.8 Å². The highest BCUT2D eigenvalue weighted by Gasteiger charge is 2.65. The number of benzene rings is 3. The predicted octanol–water partition coefficient (Wildman–Crippen LogP) is 3.94. The molecule has 2 aliphatic rings. The van der Waals surface area contributed by atoms with Crippen molar-refractivity contribution < 1.29 is 24.2 Å². The van der Waals surface area contributed by atoms with E-state index in [1.165, 1.54) is 5.19 Å². The number of fused-ring (bicyclic) bond motifs is 2. The number of nitrogens with two attached hydrogens (primary N) is 1. The number of nitrogens with one attached hydrogen (secondary N) is 1. The summed E-state index contributed by atoms with van der Waals surface area (Å²) in [5.74, 6) is 0.229. The number of methoxy groups -OCH3 is 1. The lowest BCUT2D eigenvalue weighted by atomic mass is 9.82. The molecule has 11 nitrogen and oxygen atoms in total. The summed E-state index contributed by atoms with van der Waals surface area (Å²) in [6, 6.07) is 20.6. The number of amides is 2. The second-order valence-corrected chi connectivity index (χ2v) is 17.8. The van der Waals surface area contributed by atoms with Gasteiger partial charge in [0.15, 0.2) is 5.60 Å². The first kappa shape index (κ1) is 32.4. The van der Waals surface area contributed by atoms with Crippen LogP contribution < -0.4 is 25.9 Å². The minimum Gasteiger partial charge on any atom is -0.497 e. The van der Waals surface area contributed by atoms with Crippen molar-refractivity contribution in [1.29, 1.82) is 0 Å². The number of carbonyl (C=O) groups is 2. The predicted molar refractivity (Wildman–Crippen MR) is 184 cm³/mol. The number of aliphatic hydroxyl groups is 1. The van der Waals surface area contributed by atoms with Crippen LogP contribution in [0.3, 0.4) is 0 Å². The molecule has 1 saturated heterocycles. The van der Waals surface area contributed by atoms with Crippen LogP contribution >= 0.6 is 0 Å². The molecular formula is C35H42N6O5Si. The number of carbonyl (C=O) groups excluding carboxylic acids is 2. The van der Waals surface area contributed by atoms with E-state index in [0.29, 0.717) is 36.3 Å². The summed E-state index contributed by atoms with van der Waals surface area (Å²) in [4.78, 5) is 29.2. The Labute approximate surface area is 275 Å². The van der Waals surface area contributed by atoms with E-state index in [-0.39, 0.29) is 36.0 Å². The van der Waals surface area contributed by atoms with Gasteiger partial charge < -0.3 is 30.5 Å². The molecule has 0 unspecified atom stereocenters. The molecule has 0 saturated carbocycles. The molecule has 1 fully saturated rings. The van der Waals surface area contributed by atoms with Crippen LogP contribution in [-0.4, -0.2) is 66.9 Å². The van der Waals surface area contributed by atoms with Gasteiger partial charge in [-0.25, -0.2) is 0 Å².